The number of halogens is 4. The summed E-state index contributed by atoms with van der Waals surface area (Å²) in [4.78, 5) is 0. The highest BCUT2D eigenvalue weighted by Gasteiger charge is 2.31. The van der Waals surface area contributed by atoms with Gasteiger partial charge in [-0.1, -0.05) is 18.2 Å². The maximum Gasteiger partial charge on any atom is 0.416 e. The maximum atomic E-state index is 13.6. The number of nitrogens with one attached hydrogen (secondary N) is 1. The van der Waals surface area contributed by atoms with Crippen LogP contribution in [0.1, 0.15) is 22.7 Å². The van der Waals surface area contributed by atoms with E-state index in [0.29, 0.717) is 23.2 Å². The highest BCUT2D eigenvalue weighted by Crippen LogP contribution is 2.36. The van der Waals surface area contributed by atoms with E-state index >= 15 is 0 Å². The molecule has 0 fully saturated rings. The van der Waals surface area contributed by atoms with Crippen molar-refractivity contribution in [2.45, 2.75) is 18.6 Å². The predicted octanol–water partition coefficient (Wildman–Crippen LogP) is 4.55. The lowest BCUT2D eigenvalue weighted by Gasteiger charge is -2.13. The van der Waals surface area contributed by atoms with Crippen molar-refractivity contribution in [2.75, 3.05) is 5.32 Å². The minimum atomic E-state index is -4.34. The Kier molecular flexibility index (Phi) is 2.92. The predicted molar refractivity (Wildman–Crippen MR) is 67.9 cm³/mol. The van der Waals surface area contributed by atoms with E-state index in [2.05, 4.69) is 5.32 Å². The Morgan fingerprint density at radius 3 is 2.30 bits per heavy atom. The first-order valence-corrected chi connectivity index (χ1v) is 6.16. The van der Waals surface area contributed by atoms with E-state index in [1.807, 2.05) is 0 Å². The van der Waals surface area contributed by atoms with Crippen LogP contribution >= 0.6 is 0 Å². The van der Waals surface area contributed by atoms with Crippen molar-refractivity contribution < 1.29 is 17.6 Å². The zero-order valence-corrected chi connectivity index (χ0v) is 10.3. The molecule has 2 aromatic carbocycles. The molecule has 1 heterocycles. The van der Waals surface area contributed by atoms with Gasteiger partial charge >= 0.3 is 6.18 Å². The van der Waals surface area contributed by atoms with Crippen LogP contribution in [0.3, 0.4) is 0 Å². The molecule has 1 aliphatic rings. The molecular formula is C15H11F4N. The van der Waals surface area contributed by atoms with Gasteiger partial charge in [0.1, 0.15) is 5.82 Å². The van der Waals surface area contributed by atoms with Gasteiger partial charge in [-0.25, -0.2) is 4.39 Å². The molecule has 1 N–H and O–H groups in total. The summed E-state index contributed by atoms with van der Waals surface area (Å²) in [7, 11) is 0. The molecule has 1 nitrogen and oxygen atoms in total. The summed E-state index contributed by atoms with van der Waals surface area (Å²) >= 11 is 0. The summed E-state index contributed by atoms with van der Waals surface area (Å²) in [5.74, 6) is -0.288. The third-order valence-electron chi connectivity index (χ3n) is 3.50. The summed E-state index contributed by atoms with van der Waals surface area (Å²) in [5, 5.41) is 3.13. The number of fused-ring (bicyclic) bond motifs is 1. The Morgan fingerprint density at radius 1 is 1.00 bits per heavy atom. The molecule has 2 aromatic rings. The number of rotatable bonds is 1. The van der Waals surface area contributed by atoms with Gasteiger partial charge in [0.15, 0.2) is 0 Å². The molecule has 0 saturated heterocycles. The van der Waals surface area contributed by atoms with E-state index in [1.54, 1.807) is 12.1 Å². The second-order valence-electron chi connectivity index (χ2n) is 4.79. The second kappa shape index (κ2) is 4.51. The third kappa shape index (κ3) is 2.24. The van der Waals surface area contributed by atoms with Crippen LogP contribution < -0.4 is 5.32 Å². The van der Waals surface area contributed by atoms with E-state index in [4.69, 9.17) is 0 Å². The average molecular weight is 281 g/mol. The van der Waals surface area contributed by atoms with Gasteiger partial charge < -0.3 is 5.32 Å². The molecule has 0 spiro atoms. The van der Waals surface area contributed by atoms with E-state index in [9.17, 15) is 17.6 Å². The lowest BCUT2D eigenvalue weighted by molar-refractivity contribution is -0.137. The minimum absolute atomic E-state index is 0.191. The first-order chi connectivity index (χ1) is 9.45. The Morgan fingerprint density at radius 2 is 1.70 bits per heavy atom. The van der Waals surface area contributed by atoms with Crippen molar-refractivity contribution in [3.05, 3.63) is 65.0 Å². The smallest absolute Gasteiger partial charge is 0.378 e. The van der Waals surface area contributed by atoms with Crippen LogP contribution in [0.25, 0.3) is 0 Å². The number of anilines is 1. The lowest BCUT2D eigenvalue weighted by Crippen LogP contribution is -2.08. The molecular weight excluding hydrogens is 270 g/mol. The molecule has 0 radical (unpaired) electrons. The summed E-state index contributed by atoms with van der Waals surface area (Å²) in [6.45, 7) is 0. The van der Waals surface area contributed by atoms with Crippen LogP contribution in [0.2, 0.25) is 0 Å². The maximum absolute atomic E-state index is 13.6. The topological polar surface area (TPSA) is 12.0 Å². The van der Waals surface area contributed by atoms with Crippen molar-refractivity contribution in [3.8, 4) is 0 Å². The van der Waals surface area contributed by atoms with Crippen molar-refractivity contribution in [3.63, 3.8) is 0 Å². The fourth-order valence-corrected chi connectivity index (χ4v) is 2.45. The monoisotopic (exact) mass is 281 g/mol. The Labute approximate surface area is 113 Å². The van der Waals surface area contributed by atoms with Crippen molar-refractivity contribution >= 4 is 5.69 Å². The quantitative estimate of drug-likeness (QED) is 0.756. The normalized spacial score (nSPS) is 17.7. The molecule has 0 aliphatic carbocycles. The number of benzene rings is 2. The number of hydrogen-bond acceptors (Lipinski definition) is 1. The van der Waals surface area contributed by atoms with E-state index in [1.165, 1.54) is 18.2 Å². The molecule has 0 bridgehead atoms. The van der Waals surface area contributed by atoms with E-state index < -0.39 is 11.7 Å². The molecule has 3 rings (SSSR count). The first-order valence-electron chi connectivity index (χ1n) is 6.16. The highest BCUT2D eigenvalue weighted by molar-refractivity contribution is 5.58. The van der Waals surface area contributed by atoms with Crippen LogP contribution in [0.4, 0.5) is 23.2 Å². The lowest BCUT2D eigenvalue weighted by atomic mass is 10.0. The van der Waals surface area contributed by atoms with E-state index in [0.717, 1.165) is 12.1 Å². The molecule has 104 valence electrons. The Hall–Kier alpha value is -2.04. The fraction of sp³-hybridized carbons (Fsp3) is 0.200. The van der Waals surface area contributed by atoms with Crippen LogP contribution in [0.15, 0.2) is 42.5 Å². The van der Waals surface area contributed by atoms with E-state index in [-0.39, 0.29) is 11.9 Å². The van der Waals surface area contributed by atoms with Gasteiger partial charge in [0.2, 0.25) is 0 Å². The molecule has 20 heavy (non-hydrogen) atoms. The van der Waals surface area contributed by atoms with Gasteiger partial charge in [0, 0.05) is 17.7 Å². The average Bonchev–Trinajstić information content (AvgIpc) is 2.83. The van der Waals surface area contributed by atoms with Crippen LogP contribution in [-0.4, -0.2) is 0 Å². The van der Waals surface area contributed by atoms with Crippen LogP contribution in [0, 0.1) is 5.82 Å². The zero-order valence-electron chi connectivity index (χ0n) is 10.3. The van der Waals surface area contributed by atoms with Gasteiger partial charge in [0.05, 0.1) is 11.6 Å². The largest absolute Gasteiger partial charge is 0.416 e. The van der Waals surface area contributed by atoms with Gasteiger partial charge in [-0.2, -0.15) is 13.2 Å². The van der Waals surface area contributed by atoms with Gasteiger partial charge in [-0.05, 0) is 29.8 Å². The summed E-state index contributed by atoms with van der Waals surface area (Å²) in [6, 6.07) is 9.54. The fourth-order valence-electron chi connectivity index (χ4n) is 2.45. The highest BCUT2D eigenvalue weighted by atomic mass is 19.4. The van der Waals surface area contributed by atoms with Gasteiger partial charge in [-0.15, -0.1) is 0 Å². The second-order valence-corrected chi connectivity index (χ2v) is 4.79. The minimum Gasteiger partial charge on any atom is -0.378 e. The Balaban J connectivity index is 1.85. The molecule has 0 amide bonds. The molecule has 5 heteroatoms. The SMILES string of the molecule is Fc1cccc2c1CC(c1ccc(C(F)(F)F)cc1)N2. The molecule has 1 atom stereocenters. The zero-order chi connectivity index (χ0) is 14.3. The number of alkyl halides is 3. The summed E-state index contributed by atoms with van der Waals surface area (Å²) in [5.41, 5.74) is 1.32. The molecule has 1 aliphatic heterocycles. The van der Waals surface area contributed by atoms with Crippen LogP contribution in [0.5, 0.6) is 0 Å². The van der Waals surface area contributed by atoms with Crippen molar-refractivity contribution in [2.24, 2.45) is 0 Å². The standard InChI is InChI=1S/C15H11F4N/c16-12-2-1-3-13-11(12)8-14(20-13)9-4-6-10(7-5-9)15(17,18)19/h1-7,14,20H,8H2. The molecule has 0 aromatic heterocycles. The first kappa shape index (κ1) is 13.0. The van der Waals surface area contributed by atoms with Crippen molar-refractivity contribution in [1.82, 2.24) is 0 Å². The molecule has 1 unspecified atom stereocenters. The third-order valence-corrected chi connectivity index (χ3v) is 3.50. The summed E-state index contributed by atoms with van der Waals surface area (Å²) in [6.07, 6.45) is -3.90. The van der Waals surface area contributed by atoms with Gasteiger partial charge in [0.25, 0.3) is 0 Å². The summed E-state index contributed by atoms with van der Waals surface area (Å²) < 4.78 is 51.1. The van der Waals surface area contributed by atoms with Crippen molar-refractivity contribution in [1.29, 1.82) is 0 Å². The van der Waals surface area contributed by atoms with Gasteiger partial charge in [-0.3, -0.25) is 0 Å². The van der Waals surface area contributed by atoms with Crippen LogP contribution in [-0.2, 0) is 12.6 Å². The molecule has 0 saturated carbocycles. The number of hydrogen-bond donors (Lipinski definition) is 1. The Bertz CT molecular complexity index is 631.